The molecule has 144 valence electrons. The fraction of sp³-hybridized carbons (Fsp3) is 0.333. The van der Waals surface area contributed by atoms with Gasteiger partial charge in [-0.2, -0.15) is 0 Å². The van der Waals surface area contributed by atoms with Crippen molar-refractivity contribution in [3.05, 3.63) is 64.7 Å². The Morgan fingerprint density at radius 3 is 2.48 bits per heavy atom. The zero-order valence-corrected chi connectivity index (χ0v) is 16.5. The van der Waals surface area contributed by atoms with Gasteiger partial charge in [0.05, 0.1) is 7.11 Å². The van der Waals surface area contributed by atoms with Gasteiger partial charge in [-0.15, -0.1) is 0 Å². The number of amides is 1. The predicted molar refractivity (Wildman–Crippen MR) is 105 cm³/mol. The molecular formula is C21H24ClNO4. The minimum Gasteiger partial charge on any atom is -0.496 e. The number of methoxy groups -OCH3 is 1. The van der Waals surface area contributed by atoms with E-state index in [1.54, 1.807) is 12.1 Å². The summed E-state index contributed by atoms with van der Waals surface area (Å²) in [5.74, 6) is -0.468. The molecule has 0 bridgehead atoms. The minimum absolute atomic E-state index is 0.181. The molecule has 0 aliphatic heterocycles. The molecule has 5 nitrogen and oxygen atoms in total. The van der Waals surface area contributed by atoms with Gasteiger partial charge in [0.15, 0.2) is 6.10 Å². The molecular weight excluding hydrogens is 366 g/mol. The van der Waals surface area contributed by atoms with E-state index in [1.165, 1.54) is 20.1 Å². The smallest absolute Gasteiger partial charge is 0.342 e. The minimum atomic E-state index is -0.936. The van der Waals surface area contributed by atoms with E-state index in [1.807, 2.05) is 30.3 Å². The second-order valence-corrected chi connectivity index (χ2v) is 6.59. The number of carbonyl (C=O) groups is 2. The van der Waals surface area contributed by atoms with Crippen LogP contribution in [0.4, 0.5) is 0 Å². The average Bonchev–Trinajstić information content (AvgIpc) is 2.68. The Hall–Kier alpha value is -2.53. The molecule has 2 rings (SSSR count). The Kier molecular flexibility index (Phi) is 7.67. The average molecular weight is 390 g/mol. The summed E-state index contributed by atoms with van der Waals surface area (Å²) < 4.78 is 10.4. The number of esters is 1. The molecule has 2 atom stereocenters. The van der Waals surface area contributed by atoms with Gasteiger partial charge in [-0.05, 0) is 37.1 Å². The summed E-state index contributed by atoms with van der Waals surface area (Å²) in [5.41, 5.74) is 1.34. The van der Waals surface area contributed by atoms with Crippen LogP contribution in [-0.2, 0) is 9.53 Å². The van der Waals surface area contributed by atoms with E-state index in [0.29, 0.717) is 17.3 Å². The molecule has 0 saturated carbocycles. The lowest BCUT2D eigenvalue weighted by atomic mass is 9.96. The van der Waals surface area contributed by atoms with Gasteiger partial charge in [-0.25, -0.2) is 4.79 Å². The van der Waals surface area contributed by atoms with Crippen molar-refractivity contribution in [2.45, 2.75) is 32.3 Å². The number of hydrogen-bond donors (Lipinski definition) is 1. The van der Waals surface area contributed by atoms with E-state index in [2.05, 4.69) is 12.2 Å². The van der Waals surface area contributed by atoms with Crippen molar-refractivity contribution in [1.82, 2.24) is 5.32 Å². The highest BCUT2D eigenvalue weighted by molar-refractivity contribution is 6.31. The Labute approximate surface area is 164 Å². The van der Waals surface area contributed by atoms with Gasteiger partial charge in [0.2, 0.25) is 0 Å². The summed E-state index contributed by atoms with van der Waals surface area (Å²) in [7, 11) is 1.45. The summed E-state index contributed by atoms with van der Waals surface area (Å²) >= 11 is 5.93. The van der Waals surface area contributed by atoms with Crippen LogP contribution in [0.15, 0.2) is 48.5 Å². The second-order valence-electron chi connectivity index (χ2n) is 6.15. The topological polar surface area (TPSA) is 64.6 Å². The number of halogens is 1. The molecule has 0 aliphatic carbocycles. The highest BCUT2D eigenvalue weighted by Gasteiger charge is 2.22. The van der Waals surface area contributed by atoms with Crippen molar-refractivity contribution in [1.29, 1.82) is 0 Å². The molecule has 1 amide bonds. The summed E-state index contributed by atoms with van der Waals surface area (Å²) in [5, 5.41) is 3.24. The number of ether oxygens (including phenoxy) is 2. The molecule has 0 aliphatic rings. The van der Waals surface area contributed by atoms with Crippen LogP contribution in [0.25, 0.3) is 0 Å². The Morgan fingerprint density at radius 1 is 1.15 bits per heavy atom. The monoisotopic (exact) mass is 389 g/mol. The fourth-order valence-corrected chi connectivity index (χ4v) is 2.88. The zero-order chi connectivity index (χ0) is 19.8. The number of carbonyl (C=O) groups excluding carboxylic acids is 2. The molecule has 0 unspecified atom stereocenters. The number of benzene rings is 2. The first-order valence-electron chi connectivity index (χ1n) is 8.83. The third-order valence-electron chi connectivity index (χ3n) is 4.32. The highest BCUT2D eigenvalue weighted by Crippen LogP contribution is 2.24. The maximum absolute atomic E-state index is 12.4. The van der Waals surface area contributed by atoms with Crippen molar-refractivity contribution in [3.8, 4) is 5.75 Å². The van der Waals surface area contributed by atoms with Crippen molar-refractivity contribution in [3.63, 3.8) is 0 Å². The van der Waals surface area contributed by atoms with E-state index < -0.39 is 12.1 Å². The van der Waals surface area contributed by atoms with Gasteiger partial charge < -0.3 is 14.8 Å². The van der Waals surface area contributed by atoms with Crippen LogP contribution < -0.4 is 10.1 Å². The molecule has 2 aromatic rings. The van der Waals surface area contributed by atoms with Gasteiger partial charge in [0, 0.05) is 17.5 Å². The summed E-state index contributed by atoms with van der Waals surface area (Å²) in [4.78, 5) is 24.7. The van der Waals surface area contributed by atoms with E-state index in [9.17, 15) is 9.59 Å². The lowest BCUT2D eigenvalue weighted by molar-refractivity contribution is -0.129. The van der Waals surface area contributed by atoms with E-state index >= 15 is 0 Å². The molecule has 27 heavy (non-hydrogen) atoms. The number of rotatable bonds is 8. The molecule has 6 heteroatoms. The van der Waals surface area contributed by atoms with Crippen LogP contribution in [0, 0.1) is 0 Å². The number of hydrogen-bond acceptors (Lipinski definition) is 4. The third-order valence-corrected chi connectivity index (χ3v) is 4.56. The van der Waals surface area contributed by atoms with Crippen molar-refractivity contribution in [2.24, 2.45) is 0 Å². The van der Waals surface area contributed by atoms with E-state index in [4.69, 9.17) is 21.1 Å². The van der Waals surface area contributed by atoms with Crippen LogP contribution >= 0.6 is 11.6 Å². The summed E-state index contributed by atoms with van der Waals surface area (Å²) in [6.45, 7) is 4.08. The lowest BCUT2D eigenvalue weighted by Crippen LogP contribution is -2.38. The Bertz CT molecular complexity index is 779. The first-order chi connectivity index (χ1) is 13.0. The summed E-state index contributed by atoms with van der Waals surface area (Å²) in [6.07, 6.45) is -0.0486. The molecule has 0 radical (unpaired) electrons. The Morgan fingerprint density at radius 2 is 1.85 bits per heavy atom. The third kappa shape index (κ3) is 5.73. The largest absolute Gasteiger partial charge is 0.496 e. The fourth-order valence-electron chi connectivity index (χ4n) is 2.71. The van der Waals surface area contributed by atoms with Gasteiger partial charge >= 0.3 is 5.97 Å². The molecule has 0 heterocycles. The van der Waals surface area contributed by atoms with E-state index in [-0.39, 0.29) is 17.4 Å². The predicted octanol–water partition coefficient (Wildman–Crippen LogP) is 4.20. The maximum Gasteiger partial charge on any atom is 0.342 e. The van der Waals surface area contributed by atoms with Crippen molar-refractivity contribution >= 4 is 23.5 Å². The molecule has 0 saturated heterocycles. The normalized spacial score (nSPS) is 12.7. The van der Waals surface area contributed by atoms with Crippen LogP contribution in [-0.4, -0.2) is 31.6 Å². The van der Waals surface area contributed by atoms with Crippen LogP contribution in [0.5, 0.6) is 5.75 Å². The quantitative estimate of drug-likeness (QED) is 0.687. The zero-order valence-electron chi connectivity index (χ0n) is 15.7. The lowest BCUT2D eigenvalue weighted by Gasteiger charge is -2.19. The first kappa shape index (κ1) is 20.8. The van der Waals surface area contributed by atoms with Gasteiger partial charge in [-0.3, -0.25) is 4.79 Å². The van der Waals surface area contributed by atoms with Crippen molar-refractivity contribution < 1.29 is 19.1 Å². The van der Waals surface area contributed by atoms with Crippen molar-refractivity contribution in [2.75, 3.05) is 13.7 Å². The second kappa shape index (κ2) is 9.97. The maximum atomic E-state index is 12.4. The van der Waals surface area contributed by atoms with Gasteiger partial charge in [-0.1, -0.05) is 48.9 Å². The highest BCUT2D eigenvalue weighted by atomic mass is 35.5. The van der Waals surface area contributed by atoms with Crippen LogP contribution in [0.2, 0.25) is 5.02 Å². The molecule has 1 N–H and O–H groups in total. The van der Waals surface area contributed by atoms with Gasteiger partial charge in [0.1, 0.15) is 11.3 Å². The molecule has 0 fully saturated rings. The SMILES string of the molecule is CC[C@@H](CNC(=O)[C@H](C)OC(=O)c1cc(Cl)ccc1OC)c1ccccc1. The molecule has 2 aromatic carbocycles. The van der Waals surface area contributed by atoms with Crippen LogP contribution in [0.1, 0.15) is 42.1 Å². The standard InChI is InChI=1S/C21H24ClNO4/c1-4-15(16-8-6-5-7-9-16)13-23-20(24)14(2)27-21(25)18-12-17(22)10-11-19(18)26-3/h5-12,14-15H,4,13H2,1-3H3,(H,23,24)/t14-,15-/m0/s1. The van der Waals surface area contributed by atoms with Crippen LogP contribution in [0.3, 0.4) is 0 Å². The van der Waals surface area contributed by atoms with E-state index in [0.717, 1.165) is 12.0 Å². The number of nitrogens with one attached hydrogen (secondary N) is 1. The first-order valence-corrected chi connectivity index (χ1v) is 9.21. The molecule has 0 spiro atoms. The van der Waals surface area contributed by atoms with Gasteiger partial charge in [0.25, 0.3) is 5.91 Å². The Balaban J connectivity index is 1.95. The summed E-state index contributed by atoms with van der Waals surface area (Å²) in [6, 6.07) is 14.6. The molecule has 0 aromatic heterocycles.